The summed E-state index contributed by atoms with van der Waals surface area (Å²) in [6.07, 6.45) is 7.19. The van der Waals surface area contributed by atoms with E-state index in [0.29, 0.717) is 52.2 Å². The number of aliphatic carboxylic acids is 1. The van der Waals surface area contributed by atoms with E-state index < -0.39 is 89.3 Å². The molecule has 1 saturated carbocycles. The maximum absolute atomic E-state index is 15.1. The van der Waals surface area contributed by atoms with Gasteiger partial charge in [-0.15, -0.1) is 0 Å². The maximum Gasteiger partial charge on any atom is 0.312 e. The van der Waals surface area contributed by atoms with E-state index in [1.807, 2.05) is 20.8 Å². The van der Waals surface area contributed by atoms with E-state index in [2.05, 4.69) is 50.6 Å². The summed E-state index contributed by atoms with van der Waals surface area (Å²) in [7, 11) is -7.66. The van der Waals surface area contributed by atoms with Gasteiger partial charge in [0.05, 0.1) is 45.8 Å². The summed E-state index contributed by atoms with van der Waals surface area (Å²) < 4.78 is 116. The van der Waals surface area contributed by atoms with Gasteiger partial charge in [0, 0.05) is 64.2 Å². The normalized spacial score (nSPS) is 15.9. The highest BCUT2D eigenvalue weighted by Crippen LogP contribution is 2.42. The molecule has 71 heavy (non-hydrogen) atoms. The molecule has 0 radical (unpaired) electrons. The summed E-state index contributed by atoms with van der Waals surface area (Å²) in [6.45, 7) is 10.5. The number of esters is 1. The molecule has 5 heterocycles. The number of anilines is 2. The topological polar surface area (TPSA) is 259 Å². The van der Waals surface area contributed by atoms with E-state index >= 15 is 4.39 Å². The fourth-order valence-electron chi connectivity index (χ4n) is 7.45. The van der Waals surface area contributed by atoms with Crippen LogP contribution in [-0.4, -0.2) is 95.6 Å². The van der Waals surface area contributed by atoms with E-state index in [1.165, 1.54) is 18.6 Å². The van der Waals surface area contributed by atoms with Crippen molar-refractivity contribution < 1.29 is 63.4 Å². The number of halogens is 5. The van der Waals surface area contributed by atoms with E-state index in [9.17, 15) is 49.2 Å². The SMILES string of the molecule is CC(C)(C)OC(=O)C1CNC1.CCCS(=O)(=O)Nc1ccc(F)c(C(=O)c2c[nH]c3ncc(Br)cc23)c1F.CCCS(=O)(=O)Nc1ccc(F)c(C(=O)c2c[nH]c3ncc(C4CC(C(=O)O)C4)cc23)c1F. The Balaban J connectivity index is 0.000000194. The Morgan fingerprint density at radius 3 is 1.63 bits per heavy atom. The lowest BCUT2D eigenvalue weighted by Gasteiger charge is -2.32. The number of H-pyrrole nitrogens is 2. The lowest BCUT2D eigenvalue weighted by molar-refractivity contribution is -0.161. The first-order chi connectivity index (χ1) is 33.3. The van der Waals surface area contributed by atoms with Gasteiger partial charge in [-0.3, -0.25) is 28.6 Å². The average molecular weight is 1090 g/mol. The van der Waals surface area contributed by atoms with Gasteiger partial charge < -0.3 is 25.1 Å². The van der Waals surface area contributed by atoms with Gasteiger partial charge >= 0.3 is 11.9 Å². The lowest BCUT2D eigenvalue weighted by Crippen LogP contribution is -2.48. The van der Waals surface area contributed by atoms with Gasteiger partial charge in [0.2, 0.25) is 31.6 Å². The molecule has 0 amide bonds. The van der Waals surface area contributed by atoms with E-state index in [0.717, 1.165) is 42.9 Å². The Morgan fingerprint density at radius 2 is 1.21 bits per heavy atom. The Bertz CT molecular complexity index is 3240. The first-order valence-corrected chi connectivity index (χ1v) is 26.3. The number of carboxylic acids is 1. The molecule has 380 valence electrons. The van der Waals surface area contributed by atoms with E-state index in [-0.39, 0.29) is 46.0 Å². The van der Waals surface area contributed by atoms with Crippen LogP contribution < -0.4 is 14.8 Å². The minimum absolute atomic E-state index is 0.0187. The Labute approximate surface area is 414 Å². The van der Waals surface area contributed by atoms with Gasteiger partial charge in [-0.2, -0.15) is 0 Å². The fraction of sp³-hybridized carbons (Fsp3) is 0.362. The molecule has 6 N–H and O–H groups in total. The number of carbonyl (C=O) groups excluding carboxylic acids is 3. The minimum atomic E-state index is -3.86. The highest BCUT2D eigenvalue weighted by molar-refractivity contribution is 9.10. The second kappa shape index (κ2) is 22.0. The van der Waals surface area contributed by atoms with Crippen LogP contribution in [0.15, 0.2) is 65.7 Å². The molecule has 0 unspecified atom stereocenters. The highest BCUT2D eigenvalue weighted by Gasteiger charge is 2.36. The molecule has 4 aromatic heterocycles. The lowest BCUT2D eigenvalue weighted by atomic mass is 9.72. The average Bonchev–Trinajstić information content (AvgIpc) is 3.85. The third-order valence-electron chi connectivity index (χ3n) is 11.1. The van der Waals surface area contributed by atoms with Crippen molar-refractivity contribution in [1.82, 2.24) is 25.3 Å². The van der Waals surface area contributed by atoms with Crippen molar-refractivity contribution in [1.29, 1.82) is 0 Å². The van der Waals surface area contributed by atoms with Crippen molar-refractivity contribution in [3.63, 3.8) is 0 Å². The molecule has 24 heteroatoms. The number of hydrogen-bond donors (Lipinski definition) is 6. The number of rotatable bonds is 15. The Morgan fingerprint density at radius 1 is 0.746 bits per heavy atom. The smallest absolute Gasteiger partial charge is 0.312 e. The number of fused-ring (bicyclic) bond motifs is 2. The number of nitrogens with zero attached hydrogens (tertiary/aromatic N) is 2. The number of ether oxygens (including phenoxy) is 1. The van der Waals surface area contributed by atoms with Gasteiger partial charge in [-0.05, 0) is 110 Å². The minimum Gasteiger partial charge on any atom is -0.481 e. The van der Waals surface area contributed by atoms with Crippen LogP contribution in [-0.2, 0) is 34.4 Å². The third-order valence-corrected chi connectivity index (χ3v) is 14.5. The largest absolute Gasteiger partial charge is 0.481 e. The first kappa shape index (κ1) is 54.1. The van der Waals surface area contributed by atoms with Crippen molar-refractivity contribution in [3.05, 3.63) is 117 Å². The van der Waals surface area contributed by atoms with Crippen molar-refractivity contribution in [2.45, 2.75) is 71.8 Å². The molecule has 17 nitrogen and oxygen atoms in total. The molecule has 2 aliphatic rings. The molecule has 0 spiro atoms. The highest BCUT2D eigenvalue weighted by atomic mass is 79.9. The Hall–Kier alpha value is -6.24. The van der Waals surface area contributed by atoms with Crippen molar-refractivity contribution in [3.8, 4) is 0 Å². The number of sulfonamides is 2. The Kier molecular flexibility index (Phi) is 16.8. The summed E-state index contributed by atoms with van der Waals surface area (Å²) >= 11 is 3.23. The zero-order valence-electron chi connectivity index (χ0n) is 38.9. The first-order valence-electron chi connectivity index (χ1n) is 22.2. The van der Waals surface area contributed by atoms with Crippen LogP contribution in [0.25, 0.3) is 22.1 Å². The van der Waals surface area contributed by atoms with E-state index in [4.69, 9.17) is 9.84 Å². The van der Waals surface area contributed by atoms with Crippen molar-refractivity contribution in [2.75, 3.05) is 34.0 Å². The third kappa shape index (κ3) is 13.0. The number of ketones is 2. The van der Waals surface area contributed by atoms with Crippen LogP contribution >= 0.6 is 15.9 Å². The van der Waals surface area contributed by atoms with E-state index in [1.54, 1.807) is 32.2 Å². The summed E-state index contributed by atoms with van der Waals surface area (Å²) in [5.74, 6) is -8.47. The maximum atomic E-state index is 15.1. The summed E-state index contributed by atoms with van der Waals surface area (Å²) in [6, 6.07) is 6.82. The van der Waals surface area contributed by atoms with Crippen LogP contribution in [0.4, 0.5) is 28.9 Å². The summed E-state index contributed by atoms with van der Waals surface area (Å²) in [4.78, 5) is 62.1. The second-order valence-corrected chi connectivity index (χ2v) is 22.4. The number of hydrogen-bond acceptors (Lipinski definition) is 12. The van der Waals surface area contributed by atoms with Gasteiger partial charge in [-0.1, -0.05) is 13.8 Å². The molecule has 2 aromatic carbocycles. The number of aromatic amines is 2. The van der Waals surface area contributed by atoms with Gasteiger partial charge in [0.1, 0.15) is 28.5 Å². The number of carbonyl (C=O) groups is 4. The predicted molar refractivity (Wildman–Crippen MR) is 260 cm³/mol. The molecular weight excluding hydrogens is 1040 g/mol. The molecule has 1 aliphatic carbocycles. The molecule has 6 aromatic rings. The molecule has 1 aliphatic heterocycles. The van der Waals surface area contributed by atoms with Crippen LogP contribution in [0.3, 0.4) is 0 Å². The predicted octanol–water partition coefficient (Wildman–Crippen LogP) is 8.34. The van der Waals surface area contributed by atoms with Crippen molar-refractivity contribution >= 4 is 92.9 Å². The fourth-order valence-corrected chi connectivity index (χ4v) is 10.0. The molecule has 1 saturated heterocycles. The number of pyridine rings is 2. The number of carboxylic acid groups (broad SMARTS) is 1. The zero-order valence-corrected chi connectivity index (χ0v) is 42.1. The van der Waals surface area contributed by atoms with Gasteiger partial charge in [-0.25, -0.2) is 44.4 Å². The second-order valence-electron chi connectivity index (χ2n) is 17.8. The number of aromatic nitrogens is 4. The molecule has 8 rings (SSSR count). The molecular formula is C47H50BrF4N7O10S2. The molecule has 2 fully saturated rings. The van der Waals surface area contributed by atoms with Crippen LogP contribution in [0, 0.1) is 35.1 Å². The number of nitrogens with one attached hydrogen (secondary N) is 5. The van der Waals surface area contributed by atoms with Gasteiger partial charge in [0.15, 0.2) is 11.6 Å². The van der Waals surface area contributed by atoms with Gasteiger partial charge in [0.25, 0.3) is 0 Å². The monoisotopic (exact) mass is 1090 g/mol. The summed E-state index contributed by atoms with van der Waals surface area (Å²) in [5, 5.41) is 12.8. The zero-order chi connectivity index (χ0) is 52.2. The quantitative estimate of drug-likeness (QED) is 0.0321. The number of benzene rings is 2. The molecule has 0 atom stereocenters. The van der Waals surface area contributed by atoms with Crippen LogP contribution in [0.1, 0.15) is 104 Å². The van der Waals surface area contributed by atoms with Crippen LogP contribution in [0.2, 0.25) is 0 Å². The standard InChI is InChI=1S/C22H21F2N3O5S.C17H14BrF2N3O3S.C8H15NO2/c1-2-5-33(31,32)27-17-4-3-16(23)18(19(17)24)20(28)15-10-26-21-14(15)8-13(9-25-21)11-6-12(7-11)22(29)30;1-2-5-27(25,26)23-13-4-3-12(19)14(15(13)20)16(24)11-8-22-17-10(11)6-9(18)7-21-17;1-8(2,3)11-7(10)6-4-9-5-6/h3-4,8-12,27H,2,5-7H2,1H3,(H,25,26)(H,29,30);3-4,6-8,23H,2,5H2,1H3,(H,21,22);6,9H,4-5H2,1-3H3. The molecule has 0 bridgehead atoms. The summed E-state index contributed by atoms with van der Waals surface area (Å²) in [5.41, 5.74) is -1.62. The van der Waals surface area contributed by atoms with Crippen molar-refractivity contribution in [2.24, 2.45) is 11.8 Å². The van der Waals surface area contributed by atoms with Crippen LogP contribution in [0.5, 0.6) is 0 Å².